The van der Waals surface area contributed by atoms with Gasteiger partial charge in [-0.25, -0.2) is 0 Å². The topological polar surface area (TPSA) is 56.0 Å². The van der Waals surface area contributed by atoms with Crippen molar-refractivity contribution >= 4 is 0 Å². The van der Waals surface area contributed by atoms with Crippen LogP contribution in [-0.4, -0.2) is 22.8 Å². The highest BCUT2D eigenvalue weighted by molar-refractivity contribution is 5.17. The molecule has 3 aliphatic rings. The smallest absolute Gasteiger partial charge is 0.0864 e. The molecule has 0 aromatic carbocycles. The Hall–Kier alpha value is -0.590. The molecule has 3 rings (SSSR count). The van der Waals surface area contributed by atoms with Gasteiger partial charge in [0.05, 0.1) is 17.1 Å². The summed E-state index contributed by atoms with van der Waals surface area (Å²) in [6.45, 7) is 2.23. The second-order valence-electron chi connectivity index (χ2n) is 6.97. The van der Waals surface area contributed by atoms with E-state index in [1.54, 1.807) is 0 Å². The van der Waals surface area contributed by atoms with Crippen molar-refractivity contribution in [2.45, 2.75) is 76.0 Å². The number of piperidine rings is 1. The molecule has 3 fully saturated rings. The number of nitrogens with one attached hydrogen (secondary N) is 1. The summed E-state index contributed by atoms with van der Waals surface area (Å²) in [7, 11) is 0. The monoisotopic (exact) mass is 248 g/mol. The van der Waals surface area contributed by atoms with E-state index in [0.717, 1.165) is 32.1 Å². The lowest BCUT2D eigenvalue weighted by molar-refractivity contribution is -0.110. The zero-order chi connectivity index (χ0) is 12.8. The molecule has 3 nitrogen and oxygen atoms in total. The Morgan fingerprint density at radius 1 is 1.17 bits per heavy atom. The van der Waals surface area contributed by atoms with Crippen LogP contribution in [0.1, 0.15) is 58.3 Å². The van der Waals surface area contributed by atoms with Crippen LogP contribution in [0.25, 0.3) is 0 Å². The minimum atomic E-state index is -0.743. The highest BCUT2D eigenvalue weighted by Crippen LogP contribution is 2.52. The number of hydrogen-bond acceptors (Lipinski definition) is 3. The molecule has 0 aromatic heterocycles. The highest BCUT2D eigenvalue weighted by Gasteiger charge is 2.56. The average molecular weight is 248 g/mol. The first-order valence-electron chi connectivity index (χ1n) is 7.47. The van der Waals surface area contributed by atoms with E-state index in [9.17, 15) is 10.4 Å². The normalized spacial score (nSPS) is 51.9. The van der Waals surface area contributed by atoms with E-state index < -0.39 is 11.0 Å². The van der Waals surface area contributed by atoms with Gasteiger partial charge in [-0.1, -0.05) is 19.8 Å². The van der Waals surface area contributed by atoms with Gasteiger partial charge in [-0.05, 0) is 44.4 Å². The minimum Gasteiger partial charge on any atom is -0.388 e. The Balaban J connectivity index is 1.88. The second-order valence-corrected chi connectivity index (χ2v) is 6.97. The fraction of sp³-hybridized carbons (Fsp3) is 0.933. The number of hydrogen-bond donors (Lipinski definition) is 2. The maximum Gasteiger partial charge on any atom is 0.0864 e. The molecule has 0 amide bonds. The third kappa shape index (κ3) is 1.78. The van der Waals surface area contributed by atoms with Gasteiger partial charge in [-0.15, -0.1) is 0 Å². The average Bonchev–Trinajstić information content (AvgIpc) is 2.69. The van der Waals surface area contributed by atoms with Crippen molar-refractivity contribution in [3.05, 3.63) is 0 Å². The van der Waals surface area contributed by atoms with Gasteiger partial charge in [0, 0.05) is 12.1 Å². The second kappa shape index (κ2) is 4.21. The van der Waals surface area contributed by atoms with E-state index in [0.29, 0.717) is 18.0 Å². The molecule has 100 valence electrons. The third-order valence-electron chi connectivity index (χ3n) is 5.61. The van der Waals surface area contributed by atoms with Crippen molar-refractivity contribution in [3.63, 3.8) is 0 Å². The van der Waals surface area contributed by atoms with Crippen molar-refractivity contribution in [2.24, 2.45) is 11.3 Å². The van der Waals surface area contributed by atoms with Gasteiger partial charge in [0.15, 0.2) is 0 Å². The molecule has 0 spiro atoms. The molecule has 0 aromatic rings. The van der Waals surface area contributed by atoms with Crippen LogP contribution in [-0.2, 0) is 0 Å². The van der Waals surface area contributed by atoms with Gasteiger partial charge in [0.2, 0.25) is 0 Å². The molecule has 2 saturated heterocycles. The van der Waals surface area contributed by atoms with Crippen LogP contribution in [0.15, 0.2) is 0 Å². The van der Waals surface area contributed by atoms with Crippen LogP contribution in [0.3, 0.4) is 0 Å². The lowest BCUT2D eigenvalue weighted by Gasteiger charge is -2.50. The summed E-state index contributed by atoms with van der Waals surface area (Å²) in [5.74, 6) is 0.579. The molecule has 4 atom stereocenters. The standard InChI is InChI=1S/C15H24N2O/c1-11-3-2-6-14(7-11,10-16)15(18)8-12-4-5-13(9-15)17-12/h11-13,17-18H,2-9H2,1H3. The summed E-state index contributed by atoms with van der Waals surface area (Å²) in [5.41, 5.74) is -1.22. The third-order valence-corrected chi connectivity index (χ3v) is 5.61. The summed E-state index contributed by atoms with van der Waals surface area (Å²) in [6, 6.07) is 3.43. The first-order chi connectivity index (χ1) is 8.57. The molecule has 1 saturated carbocycles. The highest BCUT2D eigenvalue weighted by atomic mass is 16.3. The molecule has 2 bridgehead atoms. The molecule has 3 heteroatoms. The maximum atomic E-state index is 11.2. The van der Waals surface area contributed by atoms with Crippen molar-refractivity contribution in [2.75, 3.05) is 0 Å². The van der Waals surface area contributed by atoms with Crippen molar-refractivity contribution in [1.29, 1.82) is 5.26 Å². The van der Waals surface area contributed by atoms with Crippen molar-refractivity contribution < 1.29 is 5.11 Å². The van der Waals surface area contributed by atoms with E-state index in [1.807, 2.05) is 0 Å². The lowest BCUT2D eigenvalue weighted by Crippen LogP contribution is -2.58. The quantitative estimate of drug-likeness (QED) is 0.749. The van der Waals surface area contributed by atoms with Gasteiger partial charge in [0.25, 0.3) is 0 Å². The van der Waals surface area contributed by atoms with Crippen LogP contribution < -0.4 is 5.32 Å². The molecule has 2 heterocycles. The van der Waals surface area contributed by atoms with E-state index in [1.165, 1.54) is 19.3 Å². The summed E-state index contributed by atoms with van der Waals surface area (Å²) >= 11 is 0. The Morgan fingerprint density at radius 3 is 2.39 bits per heavy atom. The van der Waals surface area contributed by atoms with Crippen LogP contribution in [0.5, 0.6) is 0 Å². The molecule has 0 radical (unpaired) electrons. The molecule has 18 heavy (non-hydrogen) atoms. The Bertz CT molecular complexity index is 363. The number of aliphatic hydroxyl groups is 1. The lowest BCUT2D eigenvalue weighted by atomic mass is 9.58. The van der Waals surface area contributed by atoms with E-state index in [-0.39, 0.29) is 0 Å². The zero-order valence-electron chi connectivity index (χ0n) is 11.3. The van der Waals surface area contributed by atoms with Crippen LogP contribution in [0.2, 0.25) is 0 Å². The molecule has 1 aliphatic carbocycles. The van der Waals surface area contributed by atoms with Gasteiger partial charge >= 0.3 is 0 Å². The van der Waals surface area contributed by atoms with E-state index >= 15 is 0 Å². The van der Waals surface area contributed by atoms with Crippen LogP contribution in [0, 0.1) is 22.7 Å². The largest absolute Gasteiger partial charge is 0.388 e. The zero-order valence-corrected chi connectivity index (χ0v) is 11.3. The molecule has 2 aliphatic heterocycles. The predicted octanol–water partition coefficient (Wildman–Crippen LogP) is 2.35. The van der Waals surface area contributed by atoms with Crippen molar-refractivity contribution in [1.82, 2.24) is 5.32 Å². The molecular formula is C15H24N2O. The molecule has 4 unspecified atom stereocenters. The summed E-state index contributed by atoms with van der Waals surface area (Å²) in [4.78, 5) is 0. The SMILES string of the molecule is CC1CCCC(C#N)(C2(O)CC3CCC(C2)N3)C1. The first kappa shape index (κ1) is 12.4. The van der Waals surface area contributed by atoms with Gasteiger partial charge in [0.1, 0.15) is 0 Å². The summed E-state index contributed by atoms with van der Waals surface area (Å²) < 4.78 is 0. The van der Waals surface area contributed by atoms with Gasteiger partial charge in [-0.3, -0.25) is 0 Å². The Labute approximate surface area is 110 Å². The summed E-state index contributed by atoms with van der Waals surface area (Å²) in [6.07, 6.45) is 8.00. The number of fused-ring (bicyclic) bond motifs is 2. The number of nitriles is 1. The Kier molecular flexibility index (Phi) is 2.91. The minimum absolute atomic E-state index is 0.441. The number of rotatable bonds is 1. The molecular weight excluding hydrogens is 224 g/mol. The van der Waals surface area contributed by atoms with Crippen LogP contribution >= 0.6 is 0 Å². The van der Waals surface area contributed by atoms with Crippen molar-refractivity contribution in [3.8, 4) is 6.07 Å². The van der Waals surface area contributed by atoms with Gasteiger partial charge in [-0.2, -0.15) is 5.26 Å². The predicted molar refractivity (Wildman–Crippen MR) is 69.8 cm³/mol. The fourth-order valence-electron chi connectivity index (χ4n) is 4.69. The maximum absolute atomic E-state index is 11.2. The van der Waals surface area contributed by atoms with E-state index in [2.05, 4.69) is 18.3 Å². The first-order valence-corrected chi connectivity index (χ1v) is 7.47. The van der Waals surface area contributed by atoms with Gasteiger partial charge < -0.3 is 10.4 Å². The fourth-order valence-corrected chi connectivity index (χ4v) is 4.69. The van der Waals surface area contributed by atoms with E-state index in [4.69, 9.17) is 0 Å². The molecule has 2 N–H and O–H groups in total. The number of nitrogens with zero attached hydrogens (tertiary/aromatic N) is 1. The summed E-state index contributed by atoms with van der Waals surface area (Å²) in [5, 5.41) is 24.5. The van der Waals surface area contributed by atoms with Crippen LogP contribution in [0.4, 0.5) is 0 Å². The Morgan fingerprint density at radius 2 is 1.83 bits per heavy atom.